The van der Waals surface area contributed by atoms with Crippen molar-refractivity contribution in [3.05, 3.63) is 48.2 Å². The second-order valence-corrected chi connectivity index (χ2v) is 5.56. The van der Waals surface area contributed by atoms with E-state index in [1.165, 1.54) is 0 Å². The summed E-state index contributed by atoms with van der Waals surface area (Å²) in [6, 6.07) is 11.4. The van der Waals surface area contributed by atoms with E-state index in [9.17, 15) is 4.79 Å². The van der Waals surface area contributed by atoms with Gasteiger partial charge in [0.2, 0.25) is 0 Å². The maximum Gasteiger partial charge on any atom is 0.255 e. The Morgan fingerprint density at radius 1 is 1.21 bits per heavy atom. The molecule has 6 nitrogen and oxygen atoms in total. The number of ether oxygens (including phenoxy) is 1. The van der Waals surface area contributed by atoms with Gasteiger partial charge in [-0.3, -0.25) is 4.79 Å². The van der Waals surface area contributed by atoms with Crippen molar-refractivity contribution < 1.29 is 9.53 Å². The zero-order chi connectivity index (χ0) is 16.8. The molecule has 0 spiro atoms. The lowest BCUT2D eigenvalue weighted by molar-refractivity contribution is 0.102. The van der Waals surface area contributed by atoms with Crippen LogP contribution in [-0.4, -0.2) is 43.7 Å². The van der Waals surface area contributed by atoms with E-state index in [2.05, 4.69) is 20.5 Å². The summed E-state index contributed by atoms with van der Waals surface area (Å²) >= 11 is 0. The number of nitrogens with zero attached hydrogens (tertiary/aromatic N) is 2. The maximum atomic E-state index is 12.4. The van der Waals surface area contributed by atoms with Crippen molar-refractivity contribution in [1.29, 1.82) is 0 Å². The van der Waals surface area contributed by atoms with E-state index in [0.717, 1.165) is 44.2 Å². The zero-order valence-electron chi connectivity index (χ0n) is 13.8. The van der Waals surface area contributed by atoms with E-state index in [4.69, 9.17) is 4.74 Å². The van der Waals surface area contributed by atoms with Crippen molar-refractivity contribution >= 4 is 23.1 Å². The summed E-state index contributed by atoms with van der Waals surface area (Å²) in [6.45, 7) is 6.07. The molecule has 1 fully saturated rings. The molecular formula is C18H22N4O2. The van der Waals surface area contributed by atoms with Crippen molar-refractivity contribution in [2.45, 2.75) is 6.92 Å². The number of amides is 1. The molecule has 0 bridgehead atoms. The maximum absolute atomic E-state index is 12.4. The van der Waals surface area contributed by atoms with Gasteiger partial charge in [-0.1, -0.05) is 0 Å². The van der Waals surface area contributed by atoms with E-state index in [-0.39, 0.29) is 5.91 Å². The van der Waals surface area contributed by atoms with Gasteiger partial charge in [0.05, 0.1) is 13.2 Å². The topological polar surface area (TPSA) is 66.5 Å². The molecule has 1 aliphatic rings. The van der Waals surface area contributed by atoms with Crippen LogP contribution in [0.4, 0.5) is 17.2 Å². The van der Waals surface area contributed by atoms with Crippen molar-refractivity contribution in [3.63, 3.8) is 0 Å². The summed E-state index contributed by atoms with van der Waals surface area (Å²) in [4.78, 5) is 18.8. The molecule has 3 rings (SSSR count). The Labute approximate surface area is 141 Å². The van der Waals surface area contributed by atoms with Gasteiger partial charge in [-0.05, 0) is 43.3 Å². The molecule has 1 aliphatic heterocycles. The minimum absolute atomic E-state index is 0.143. The van der Waals surface area contributed by atoms with Gasteiger partial charge < -0.3 is 20.3 Å². The average molecular weight is 326 g/mol. The second-order valence-electron chi connectivity index (χ2n) is 5.56. The van der Waals surface area contributed by atoms with Crippen LogP contribution in [0, 0.1) is 0 Å². The Balaban J connectivity index is 1.64. The third-order valence-electron chi connectivity index (χ3n) is 3.88. The van der Waals surface area contributed by atoms with E-state index in [1.807, 2.05) is 31.2 Å². The van der Waals surface area contributed by atoms with Crippen LogP contribution < -0.4 is 15.5 Å². The van der Waals surface area contributed by atoms with Crippen molar-refractivity contribution in [2.75, 3.05) is 48.4 Å². The molecule has 1 aromatic heterocycles. The number of anilines is 3. The van der Waals surface area contributed by atoms with Crippen LogP contribution in [0.5, 0.6) is 0 Å². The highest BCUT2D eigenvalue weighted by atomic mass is 16.5. The number of hydrogen-bond acceptors (Lipinski definition) is 5. The first-order chi connectivity index (χ1) is 11.8. The lowest BCUT2D eigenvalue weighted by atomic mass is 10.2. The van der Waals surface area contributed by atoms with Gasteiger partial charge in [0, 0.05) is 42.8 Å². The first-order valence-electron chi connectivity index (χ1n) is 8.20. The summed E-state index contributed by atoms with van der Waals surface area (Å²) in [5.74, 6) is 0.559. The summed E-state index contributed by atoms with van der Waals surface area (Å²) < 4.78 is 5.36. The fraction of sp³-hybridized carbons (Fsp3) is 0.333. The van der Waals surface area contributed by atoms with E-state index >= 15 is 0 Å². The number of rotatable bonds is 5. The van der Waals surface area contributed by atoms with Gasteiger partial charge >= 0.3 is 0 Å². The SMILES string of the molecule is CCNc1cc(C(=O)Nc2ccc(N3CCOCC3)cc2)ccn1. The molecule has 6 heteroatoms. The normalized spacial score (nSPS) is 14.3. The van der Waals surface area contributed by atoms with Crippen LogP contribution in [0.15, 0.2) is 42.6 Å². The smallest absolute Gasteiger partial charge is 0.255 e. The summed E-state index contributed by atoms with van der Waals surface area (Å²) in [5, 5.41) is 6.02. The number of morpholine rings is 1. The molecule has 2 heterocycles. The predicted octanol–water partition coefficient (Wildman–Crippen LogP) is 2.60. The fourth-order valence-electron chi connectivity index (χ4n) is 2.63. The van der Waals surface area contributed by atoms with Gasteiger partial charge in [0.1, 0.15) is 5.82 Å². The lowest BCUT2D eigenvalue weighted by Crippen LogP contribution is -2.36. The number of hydrogen-bond donors (Lipinski definition) is 2. The molecular weight excluding hydrogens is 304 g/mol. The molecule has 0 radical (unpaired) electrons. The van der Waals surface area contributed by atoms with Crippen molar-refractivity contribution in [3.8, 4) is 0 Å². The summed E-state index contributed by atoms with van der Waals surface area (Å²) in [7, 11) is 0. The van der Waals surface area contributed by atoms with Crippen LogP contribution in [0.25, 0.3) is 0 Å². The molecule has 0 aliphatic carbocycles. The minimum Gasteiger partial charge on any atom is -0.378 e. The highest BCUT2D eigenvalue weighted by Gasteiger charge is 2.12. The lowest BCUT2D eigenvalue weighted by Gasteiger charge is -2.28. The Kier molecular flexibility index (Phi) is 5.28. The van der Waals surface area contributed by atoms with E-state index < -0.39 is 0 Å². The minimum atomic E-state index is -0.143. The standard InChI is InChI=1S/C18H22N4O2/c1-2-19-17-13-14(7-8-20-17)18(23)21-15-3-5-16(6-4-15)22-9-11-24-12-10-22/h3-8,13H,2,9-12H2,1H3,(H,19,20)(H,21,23). The zero-order valence-corrected chi connectivity index (χ0v) is 13.8. The number of carbonyl (C=O) groups excluding carboxylic acids is 1. The Morgan fingerprint density at radius 2 is 1.96 bits per heavy atom. The highest BCUT2D eigenvalue weighted by molar-refractivity contribution is 6.04. The first kappa shape index (κ1) is 16.3. The van der Waals surface area contributed by atoms with Crippen LogP contribution in [0.1, 0.15) is 17.3 Å². The first-order valence-corrected chi connectivity index (χ1v) is 8.20. The monoisotopic (exact) mass is 326 g/mol. The number of carbonyl (C=O) groups is 1. The Hall–Kier alpha value is -2.60. The molecule has 1 saturated heterocycles. The largest absolute Gasteiger partial charge is 0.378 e. The molecule has 0 atom stereocenters. The van der Waals surface area contributed by atoms with Gasteiger partial charge in [-0.25, -0.2) is 4.98 Å². The number of pyridine rings is 1. The van der Waals surface area contributed by atoms with Gasteiger partial charge in [-0.15, -0.1) is 0 Å². The third-order valence-corrected chi connectivity index (χ3v) is 3.88. The van der Waals surface area contributed by atoms with Gasteiger partial charge in [0.15, 0.2) is 0 Å². The van der Waals surface area contributed by atoms with Crippen LogP contribution >= 0.6 is 0 Å². The van der Waals surface area contributed by atoms with Crippen LogP contribution in [0.3, 0.4) is 0 Å². The third kappa shape index (κ3) is 4.02. The number of nitrogens with one attached hydrogen (secondary N) is 2. The molecule has 126 valence electrons. The molecule has 2 N–H and O–H groups in total. The molecule has 0 unspecified atom stereocenters. The van der Waals surface area contributed by atoms with Crippen LogP contribution in [0.2, 0.25) is 0 Å². The quantitative estimate of drug-likeness (QED) is 0.884. The van der Waals surface area contributed by atoms with Gasteiger partial charge in [0.25, 0.3) is 5.91 Å². The molecule has 1 aromatic carbocycles. The summed E-state index contributed by atoms with van der Waals surface area (Å²) in [5.41, 5.74) is 2.51. The van der Waals surface area contributed by atoms with Crippen LogP contribution in [-0.2, 0) is 4.74 Å². The molecule has 24 heavy (non-hydrogen) atoms. The fourth-order valence-corrected chi connectivity index (χ4v) is 2.63. The molecule has 0 saturated carbocycles. The van der Waals surface area contributed by atoms with E-state index in [0.29, 0.717) is 11.4 Å². The highest BCUT2D eigenvalue weighted by Crippen LogP contribution is 2.19. The predicted molar refractivity (Wildman–Crippen MR) is 95.8 cm³/mol. The number of benzene rings is 1. The molecule has 1 amide bonds. The Bertz CT molecular complexity index is 682. The average Bonchev–Trinajstić information content (AvgIpc) is 2.64. The van der Waals surface area contributed by atoms with Gasteiger partial charge in [-0.2, -0.15) is 0 Å². The second kappa shape index (κ2) is 7.79. The Morgan fingerprint density at radius 3 is 2.67 bits per heavy atom. The van der Waals surface area contributed by atoms with Crippen molar-refractivity contribution in [2.24, 2.45) is 0 Å². The van der Waals surface area contributed by atoms with Crippen molar-refractivity contribution in [1.82, 2.24) is 4.98 Å². The molecule has 2 aromatic rings. The van der Waals surface area contributed by atoms with E-state index in [1.54, 1.807) is 18.3 Å². The number of aromatic nitrogens is 1. The summed E-state index contributed by atoms with van der Waals surface area (Å²) in [6.07, 6.45) is 1.63.